The first-order valence-corrected chi connectivity index (χ1v) is 7.58. The first-order valence-electron chi connectivity index (χ1n) is 7.58. The number of H-pyrrole nitrogens is 1. The number of carbonyl (C=O) groups is 1. The molecule has 0 spiro atoms. The number of aromatic amines is 1. The summed E-state index contributed by atoms with van der Waals surface area (Å²) in [6.45, 7) is 0.176. The summed E-state index contributed by atoms with van der Waals surface area (Å²) in [5.74, 6) is -3.42. The van der Waals surface area contributed by atoms with Crippen LogP contribution in [0.15, 0.2) is 27.5 Å². The molecular formula is C16H15F3N2O4. The van der Waals surface area contributed by atoms with E-state index in [4.69, 9.17) is 9.26 Å². The molecule has 1 amide bonds. The van der Waals surface area contributed by atoms with Crippen molar-refractivity contribution in [1.29, 1.82) is 0 Å². The molecule has 134 valence electrons. The van der Waals surface area contributed by atoms with Gasteiger partial charge < -0.3 is 14.2 Å². The average molecular weight is 356 g/mol. The third-order valence-electron chi connectivity index (χ3n) is 4.36. The average Bonchev–Trinajstić information content (AvgIpc) is 3.03. The Kier molecular flexibility index (Phi) is 4.56. The van der Waals surface area contributed by atoms with Crippen LogP contribution in [0.3, 0.4) is 0 Å². The highest BCUT2D eigenvalue weighted by molar-refractivity contribution is 5.68. The highest BCUT2D eigenvalue weighted by Crippen LogP contribution is 2.40. The molecule has 1 saturated heterocycles. The van der Waals surface area contributed by atoms with Gasteiger partial charge in [-0.15, -0.1) is 0 Å². The predicted octanol–water partition coefficient (Wildman–Crippen LogP) is 3.07. The number of likely N-dealkylation sites (tertiary alicyclic amines) is 1. The molecule has 6 nitrogen and oxygen atoms in total. The number of methoxy groups -OCH3 is 1. The molecule has 1 aliphatic rings. The van der Waals surface area contributed by atoms with Crippen LogP contribution in [-0.4, -0.2) is 29.8 Å². The Morgan fingerprint density at radius 1 is 1.24 bits per heavy atom. The van der Waals surface area contributed by atoms with Crippen molar-refractivity contribution in [2.45, 2.75) is 24.8 Å². The number of aromatic nitrogens is 1. The first-order chi connectivity index (χ1) is 11.9. The van der Waals surface area contributed by atoms with Crippen molar-refractivity contribution in [2.75, 3.05) is 13.7 Å². The fourth-order valence-electron chi connectivity index (χ4n) is 3.15. The molecule has 1 aromatic heterocycles. The minimum Gasteiger partial charge on any atom is -0.453 e. The molecule has 0 saturated carbocycles. The van der Waals surface area contributed by atoms with Crippen molar-refractivity contribution in [1.82, 2.24) is 10.1 Å². The molecule has 1 aliphatic heterocycles. The van der Waals surface area contributed by atoms with Crippen LogP contribution < -0.4 is 5.56 Å². The number of nitrogens with one attached hydrogen (secondary N) is 1. The Morgan fingerprint density at radius 3 is 2.60 bits per heavy atom. The maximum absolute atomic E-state index is 14.2. The molecular weight excluding hydrogens is 341 g/mol. The van der Waals surface area contributed by atoms with E-state index < -0.39 is 35.1 Å². The molecule has 0 aliphatic carbocycles. The number of hydrogen-bond donors (Lipinski definition) is 1. The molecule has 2 aromatic rings. The van der Waals surface area contributed by atoms with Crippen LogP contribution in [0.1, 0.15) is 36.1 Å². The zero-order valence-corrected chi connectivity index (χ0v) is 13.2. The van der Waals surface area contributed by atoms with Crippen LogP contribution in [0.2, 0.25) is 0 Å². The largest absolute Gasteiger partial charge is 0.453 e. The van der Waals surface area contributed by atoms with E-state index in [1.54, 1.807) is 0 Å². The second-order valence-corrected chi connectivity index (χ2v) is 5.80. The number of rotatable bonds is 2. The normalized spacial score (nSPS) is 20.6. The third-order valence-corrected chi connectivity index (χ3v) is 4.36. The lowest BCUT2D eigenvalue weighted by Gasteiger charge is -2.38. The van der Waals surface area contributed by atoms with E-state index in [1.165, 1.54) is 18.1 Å². The van der Waals surface area contributed by atoms with E-state index in [0.29, 0.717) is 18.2 Å². The maximum Gasteiger partial charge on any atom is 0.409 e. The van der Waals surface area contributed by atoms with E-state index >= 15 is 0 Å². The molecule has 1 fully saturated rings. The lowest BCUT2D eigenvalue weighted by molar-refractivity contribution is 0.0802. The van der Waals surface area contributed by atoms with Gasteiger partial charge in [0, 0.05) is 30.2 Å². The van der Waals surface area contributed by atoms with Gasteiger partial charge >= 0.3 is 6.09 Å². The summed E-state index contributed by atoms with van der Waals surface area (Å²) >= 11 is 0. The predicted molar refractivity (Wildman–Crippen MR) is 79.5 cm³/mol. The summed E-state index contributed by atoms with van der Waals surface area (Å²) in [7, 11) is 1.18. The van der Waals surface area contributed by atoms with Gasteiger partial charge in [-0.25, -0.2) is 18.0 Å². The number of ether oxygens (including phenoxy) is 1. The van der Waals surface area contributed by atoms with Crippen molar-refractivity contribution in [3.05, 3.63) is 57.3 Å². The minimum atomic E-state index is -1.31. The Bertz CT molecular complexity index is 848. The van der Waals surface area contributed by atoms with Crippen molar-refractivity contribution in [2.24, 2.45) is 0 Å². The lowest BCUT2D eigenvalue weighted by Crippen LogP contribution is -2.41. The van der Waals surface area contributed by atoms with Crippen LogP contribution in [0.5, 0.6) is 0 Å². The molecule has 1 aromatic carbocycles. The van der Waals surface area contributed by atoms with Crippen LogP contribution in [0.4, 0.5) is 18.0 Å². The fourth-order valence-corrected chi connectivity index (χ4v) is 3.15. The van der Waals surface area contributed by atoms with Gasteiger partial charge in [0.05, 0.1) is 13.2 Å². The van der Waals surface area contributed by atoms with Gasteiger partial charge in [0.15, 0.2) is 11.6 Å². The number of halogens is 3. The summed E-state index contributed by atoms with van der Waals surface area (Å²) in [6.07, 6.45) is -0.0987. The number of benzene rings is 1. The molecule has 2 atom stereocenters. The number of nitrogens with zero attached hydrogens (tertiary/aromatic N) is 1. The van der Waals surface area contributed by atoms with Gasteiger partial charge in [-0.05, 0) is 18.9 Å². The topological polar surface area (TPSA) is 75.5 Å². The second-order valence-electron chi connectivity index (χ2n) is 5.80. The highest BCUT2D eigenvalue weighted by Gasteiger charge is 2.37. The van der Waals surface area contributed by atoms with E-state index in [2.05, 4.69) is 5.16 Å². The summed E-state index contributed by atoms with van der Waals surface area (Å²) in [6, 6.07) is 1.57. The standard InChI is InChI=1S/C16H15F3N2O4/c1-24-16(23)21-3-2-8(14-7-15(22)20-25-14)4-13(21)9-5-11(18)12(19)6-10(9)17/h5-8,13H,2-4H2,1H3,(H,20,22). The Labute approximate surface area is 140 Å². The van der Waals surface area contributed by atoms with E-state index in [-0.39, 0.29) is 24.4 Å². The van der Waals surface area contributed by atoms with Crippen LogP contribution in [0, 0.1) is 17.5 Å². The van der Waals surface area contributed by atoms with Gasteiger partial charge in [0.2, 0.25) is 0 Å². The molecule has 3 rings (SSSR count). The van der Waals surface area contributed by atoms with Crippen LogP contribution >= 0.6 is 0 Å². The number of amides is 1. The number of carbonyl (C=O) groups excluding carboxylic acids is 1. The Morgan fingerprint density at radius 2 is 1.96 bits per heavy atom. The molecule has 2 heterocycles. The number of piperidine rings is 1. The SMILES string of the molecule is COC(=O)N1CCC(c2cc(=O)[nH]o2)CC1c1cc(F)c(F)cc1F. The van der Waals surface area contributed by atoms with Gasteiger partial charge in [-0.1, -0.05) is 0 Å². The third kappa shape index (κ3) is 3.26. The summed E-state index contributed by atoms with van der Waals surface area (Å²) in [5, 5.41) is 2.17. The fraction of sp³-hybridized carbons (Fsp3) is 0.375. The molecule has 0 bridgehead atoms. The maximum atomic E-state index is 14.2. The zero-order valence-electron chi connectivity index (χ0n) is 13.2. The van der Waals surface area contributed by atoms with E-state index in [1.807, 2.05) is 0 Å². The molecule has 1 N–H and O–H groups in total. The van der Waals surface area contributed by atoms with Gasteiger partial charge in [-0.2, -0.15) is 5.16 Å². The molecule has 25 heavy (non-hydrogen) atoms. The van der Waals surface area contributed by atoms with Crippen LogP contribution in [-0.2, 0) is 4.74 Å². The zero-order chi connectivity index (χ0) is 18.1. The van der Waals surface area contributed by atoms with Crippen molar-refractivity contribution in [3.8, 4) is 0 Å². The smallest absolute Gasteiger partial charge is 0.409 e. The minimum absolute atomic E-state index is 0.160. The summed E-state index contributed by atoms with van der Waals surface area (Å²) in [5.41, 5.74) is -0.576. The number of hydrogen-bond acceptors (Lipinski definition) is 4. The first kappa shape index (κ1) is 17.1. The molecule has 2 unspecified atom stereocenters. The lowest BCUT2D eigenvalue weighted by atomic mass is 9.85. The summed E-state index contributed by atoms with van der Waals surface area (Å²) in [4.78, 5) is 24.5. The molecule has 9 heteroatoms. The monoisotopic (exact) mass is 356 g/mol. The summed E-state index contributed by atoms with van der Waals surface area (Å²) < 4.78 is 50.8. The van der Waals surface area contributed by atoms with Gasteiger partial charge in [-0.3, -0.25) is 4.79 Å². The van der Waals surface area contributed by atoms with Crippen LogP contribution in [0.25, 0.3) is 0 Å². The van der Waals surface area contributed by atoms with Crippen molar-refractivity contribution in [3.63, 3.8) is 0 Å². The van der Waals surface area contributed by atoms with Gasteiger partial charge in [0.1, 0.15) is 11.6 Å². The van der Waals surface area contributed by atoms with Gasteiger partial charge in [0.25, 0.3) is 5.56 Å². The second kappa shape index (κ2) is 6.66. The molecule has 0 radical (unpaired) electrons. The quantitative estimate of drug-likeness (QED) is 0.839. The Balaban J connectivity index is 1.99. The van der Waals surface area contributed by atoms with E-state index in [0.717, 1.165) is 6.07 Å². The van der Waals surface area contributed by atoms with Crippen molar-refractivity contribution < 1.29 is 27.2 Å². The Hall–Kier alpha value is -2.71. The highest BCUT2D eigenvalue weighted by atomic mass is 19.2. The van der Waals surface area contributed by atoms with Crippen molar-refractivity contribution >= 4 is 6.09 Å². The van der Waals surface area contributed by atoms with E-state index in [9.17, 15) is 22.8 Å².